The lowest BCUT2D eigenvalue weighted by molar-refractivity contribution is -0.127. The minimum Gasteiger partial charge on any atom is -0.495 e. The van der Waals surface area contributed by atoms with Crippen LogP contribution in [0.25, 0.3) is 11.0 Å². The van der Waals surface area contributed by atoms with Crippen molar-refractivity contribution in [3.05, 3.63) is 35.7 Å². The standard InChI is InChI=1S/C17H20N6O.C6H11NO.CHF3/c1-22-5-4-11-7-15(24-3)14(6-12(11)10-22)20-17-18-8-13-9-19-23(2)16(13)21-17;1-6(8)7-4-2-3-5-7;2-1(3)4/h6-9H,4-5,10H2,1-3H3,(H,18,20,21);2-5H2,1H3;1H. The predicted molar refractivity (Wildman–Crippen MR) is 131 cm³/mol. The van der Waals surface area contributed by atoms with E-state index < -0.39 is 6.68 Å². The second-order valence-electron chi connectivity index (χ2n) is 8.64. The molecule has 0 bridgehead atoms. The van der Waals surface area contributed by atoms with Crippen LogP contribution < -0.4 is 10.1 Å². The number of likely N-dealkylation sites (tertiary alicyclic amines) is 1. The van der Waals surface area contributed by atoms with Gasteiger partial charge in [-0.25, -0.2) is 4.98 Å². The molecule has 1 N–H and O–H groups in total. The van der Waals surface area contributed by atoms with Crippen LogP contribution in [-0.4, -0.2) is 75.9 Å². The van der Waals surface area contributed by atoms with Crippen molar-refractivity contribution in [1.29, 1.82) is 0 Å². The zero-order valence-corrected chi connectivity index (χ0v) is 21.0. The van der Waals surface area contributed by atoms with Crippen LogP contribution in [0.4, 0.5) is 24.8 Å². The average Bonchev–Trinajstić information content (AvgIpc) is 3.49. The number of amides is 1. The van der Waals surface area contributed by atoms with Gasteiger partial charge < -0.3 is 19.9 Å². The van der Waals surface area contributed by atoms with Crippen LogP contribution in [-0.2, 0) is 24.8 Å². The molecule has 9 nitrogen and oxygen atoms in total. The second kappa shape index (κ2) is 12.5. The Labute approximate surface area is 208 Å². The summed E-state index contributed by atoms with van der Waals surface area (Å²) in [6.45, 7) is 1.94. The number of carbonyl (C=O) groups is 1. The van der Waals surface area contributed by atoms with Crippen molar-refractivity contribution in [2.45, 2.75) is 39.4 Å². The van der Waals surface area contributed by atoms with Crippen molar-refractivity contribution >= 4 is 28.6 Å². The number of halogens is 3. The maximum Gasteiger partial charge on any atom is 0.379 e. The number of benzene rings is 1. The first-order valence-corrected chi connectivity index (χ1v) is 11.7. The fraction of sp³-hybridized carbons (Fsp3) is 0.500. The number of aromatic nitrogens is 4. The van der Waals surface area contributed by atoms with Gasteiger partial charge in [-0.15, -0.1) is 0 Å². The van der Waals surface area contributed by atoms with Crippen molar-refractivity contribution in [2.24, 2.45) is 7.05 Å². The number of fused-ring (bicyclic) bond motifs is 2. The number of methoxy groups -OCH3 is 1. The molecule has 0 unspecified atom stereocenters. The van der Waals surface area contributed by atoms with Gasteiger partial charge in [-0.2, -0.15) is 23.3 Å². The lowest BCUT2D eigenvalue weighted by atomic mass is 9.99. The number of rotatable bonds is 3. The van der Waals surface area contributed by atoms with Gasteiger partial charge in [-0.1, -0.05) is 0 Å². The largest absolute Gasteiger partial charge is 0.495 e. The summed E-state index contributed by atoms with van der Waals surface area (Å²) in [5.41, 5.74) is 4.34. The van der Waals surface area contributed by atoms with Crippen LogP contribution in [0, 0.1) is 0 Å². The molecule has 0 saturated carbocycles. The lowest BCUT2D eigenvalue weighted by Crippen LogP contribution is -2.26. The van der Waals surface area contributed by atoms with E-state index in [0.717, 1.165) is 55.1 Å². The summed E-state index contributed by atoms with van der Waals surface area (Å²) in [4.78, 5) is 23.7. The van der Waals surface area contributed by atoms with E-state index >= 15 is 0 Å². The fourth-order valence-electron chi connectivity index (χ4n) is 4.14. The Morgan fingerprint density at radius 2 is 1.78 bits per heavy atom. The molecule has 0 spiro atoms. The highest BCUT2D eigenvalue weighted by atomic mass is 19.4. The third kappa shape index (κ3) is 7.30. The number of likely N-dealkylation sites (N-methyl/N-ethyl adjacent to an activating group) is 1. The quantitative estimate of drug-likeness (QED) is 0.575. The molecule has 12 heteroatoms. The van der Waals surface area contributed by atoms with Gasteiger partial charge in [-0.05, 0) is 49.6 Å². The summed E-state index contributed by atoms with van der Waals surface area (Å²) in [6.07, 6.45) is 6.96. The molecule has 5 rings (SSSR count). The van der Waals surface area contributed by atoms with Crippen molar-refractivity contribution < 1.29 is 22.7 Å². The van der Waals surface area contributed by atoms with Crippen molar-refractivity contribution in [2.75, 3.05) is 39.1 Å². The zero-order chi connectivity index (χ0) is 26.2. The summed E-state index contributed by atoms with van der Waals surface area (Å²) in [6, 6.07) is 4.26. The van der Waals surface area contributed by atoms with Gasteiger partial charge in [0.1, 0.15) is 5.75 Å². The number of alkyl halides is 3. The minimum atomic E-state index is -3.67. The Bertz CT molecular complexity index is 1160. The van der Waals surface area contributed by atoms with E-state index in [4.69, 9.17) is 4.74 Å². The number of nitrogens with zero attached hydrogens (tertiary/aromatic N) is 6. The van der Waals surface area contributed by atoms with Crippen molar-refractivity contribution in [3.8, 4) is 5.75 Å². The second-order valence-corrected chi connectivity index (χ2v) is 8.64. The summed E-state index contributed by atoms with van der Waals surface area (Å²) >= 11 is 0. The molecule has 1 fully saturated rings. The zero-order valence-electron chi connectivity index (χ0n) is 21.0. The van der Waals surface area contributed by atoms with Gasteiger partial charge in [0.05, 0.1) is 24.4 Å². The maximum atomic E-state index is 10.6. The molecule has 0 radical (unpaired) electrons. The first-order chi connectivity index (χ1) is 17.2. The average molecular weight is 508 g/mol. The fourth-order valence-corrected chi connectivity index (χ4v) is 4.14. The SMILES string of the molecule is CC(=O)N1CCCC1.COc1cc2c(cc1Nc1ncc3cnn(C)c3n1)CN(C)CC2.FC(F)F. The molecule has 2 aliphatic rings. The summed E-state index contributed by atoms with van der Waals surface area (Å²) in [7, 11) is 5.70. The molecule has 0 atom stereocenters. The number of ether oxygens (including phenoxy) is 1. The van der Waals surface area contributed by atoms with Crippen molar-refractivity contribution in [1.82, 2.24) is 29.5 Å². The van der Waals surface area contributed by atoms with Gasteiger partial charge in [-0.3, -0.25) is 9.48 Å². The van der Waals surface area contributed by atoms with Crippen molar-refractivity contribution in [3.63, 3.8) is 0 Å². The van der Waals surface area contributed by atoms with E-state index in [0.29, 0.717) is 5.95 Å². The molecule has 0 aliphatic carbocycles. The molecular formula is C24H32F3N7O2. The van der Waals surface area contributed by atoms with Gasteiger partial charge in [0, 0.05) is 46.3 Å². The summed E-state index contributed by atoms with van der Waals surface area (Å²) in [5, 5.41) is 8.41. The maximum absolute atomic E-state index is 10.6. The molecular weight excluding hydrogens is 475 g/mol. The lowest BCUT2D eigenvalue weighted by Gasteiger charge is -2.26. The Hall–Kier alpha value is -3.41. The van der Waals surface area contributed by atoms with Gasteiger partial charge in [0.15, 0.2) is 5.65 Å². The van der Waals surface area contributed by atoms with E-state index in [1.54, 1.807) is 31.1 Å². The minimum absolute atomic E-state index is 0.225. The van der Waals surface area contributed by atoms with Crippen LogP contribution in [0.5, 0.6) is 5.75 Å². The van der Waals surface area contributed by atoms with E-state index in [9.17, 15) is 18.0 Å². The Balaban J connectivity index is 0.000000250. The van der Waals surface area contributed by atoms with E-state index in [2.05, 4.69) is 44.5 Å². The van der Waals surface area contributed by atoms with Crippen LogP contribution in [0.15, 0.2) is 24.5 Å². The van der Waals surface area contributed by atoms with E-state index in [1.807, 2.05) is 11.9 Å². The molecule has 196 valence electrons. The molecule has 1 aromatic carbocycles. The highest BCUT2D eigenvalue weighted by Crippen LogP contribution is 2.33. The highest BCUT2D eigenvalue weighted by Gasteiger charge is 2.17. The summed E-state index contributed by atoms with van der Waals surface area (Å²) < 4.78 is 36.3. The summed E-state index contributed by atoms with van der Waals surface area (Å²) in [5.74, 6) is 1.57. The Morgan fingerprint density at radius 1 is 1.08 bits per heavy atom. The Morgan fingerprint density at radius 3 is 2.39 bits per heavy atom. The number of hydrogen-bond donors (Lipinski definition) is 1. The first kappa shape index (κ1) is 27.2. The topological polar surface area (TPSA) is 88.4 Å². The number of nitrogens with one attached hydrogen (secondary N) is 1. The number of aryl methyl sites for hydroxylation is 1. The number of carbonyl (C=O) groups excluding carboxylic acids is 1. The van der Waals surface area contributed by atoms with E-state index in [1.165, 1.54) is 24.0 Å². The number of hydrogen-bond acceptors (Lipinski definition) is 7. The molecule has 2 aliphatic heterocycles. The third-order valence-corrected chi connectivity index (χ3v) is 6.00. The van der Waals surface area contributed by atoms with Gasteiger partial charge in [0.2, 0.25) is 11.9 Å². The van der Waals surface area contributed by atoms with Crippen LogP contribution in [0.3, 0.4) is 0 Å². The molecule has 3 aromatic rings. The monoisotopic (exact) mass is 507 g/mol. The highest BCUT2D eigenvalue weighted by molar-refractivity contribution is 5.76. The molecule has 2 aromatic heterocycles. The normalized spacial score (nSPS) is 15.1. The molecule has 1 saturated heterocycles. The van der Waals surface area contributed by atoms with Gasteiger partial charge >= 0.3 is 6.68 Å². The smallest absolute Gasteiger partial charge is 0.379 e. The Kier molecular flexibility index (Phi) is 9.45. The third-order valence-electron chi connectivity index (χ3n) is 6.00. The molecule has 36 heavy (non-hydrogen) atoms. The number of anilines is 2. The van der Waals surface area contributed by atoms with Crippen LogP contribution >= 0.6 is 0 Å². The van der Waals surface area contributed by atoms with Crippen LogP contribution in [0.2, 0.25) is 0 Å². The van der Waals surface area contributed by atoms with Crippen LogP contribution in [0.1, 0.15) is 30.9 Å². The first-order valence-electron chi connectivity index (χ1n) is 11.7. The van der Waals surface area contributed by atoms with Gasteiger partial charge in [0.25, 0.3) is 0 Å². The molecule has 4 heterocycles. The molecule has 1 amide bonds. The van der Waals surface area contributed by atoms with E-state index in [-0.39, 0.29) is 5.91 Å². The predicted octanol–water partition coefficient (Wildman–Crippen LogP) is 3.91.